The Morgan fingerprint density at radius 1 is 1.18 bits per heavy atom. The van der Waals surface area contributed by atoms with E-state index in [1.54, 1.807) is 30.0 Å². The third kappa shape index (κ3) is 7.23. The van der Waals surface area contributed by atoms with Gasteiger partial charge in [-0.3, -0.25) is 4.90 Å². The minimum Gasteiger partial charge on any atom is -0.439 e. The van der Waals surface area contributed by atoms with Gasteiger partial charge < -0.3 is 19.3 Å². The number of aliphatic hydroxyl groups excluding tert-OH is 1. The SMILES string of the molecule is C=CCOCC(O)CN(CCOC)Cc1c(-c2ccccc2)nn(C)c1Oc1ccc(F)cc1. The summed E-state index contributed by atoms with van der Waals surface area (Å²) in [6.07, 6.45) is 0.964. The molecule has 0 saturated carbocycles. The Kier molecular flexibility index (Phi) is 9.78. The summed E-state index contributed by atoms with van der Waals surface area (Å²) in [7, 11) is 3.45. The van der Waals surface area contributed by atoms with Crippen LogP contribution in [0, 0.1) is 5.82 Å². The lowest BCUT2D eigenvalue weighted by molar-refractivity contribution is 0.0193. The van der Waals surface area contributed by atoms with Crippen molar-refractivity contribution in [3.05, 3.63) is 78.6 Å². The Balaban J connectivity index is 1.92. The van der Waals surface area contributed by atoms with Crippen LogP contribution in [0.15, 0.2) is 67.3 Å². The summed E-state index contributed by atoms with van der Waals surface area (Å²) in [6, 6.07) is 15.7. The molecular formula is C26H32FN3O4. The van der Waals surface area contributed by atoms with Gasteiger partial charge in [0.2, 0.25) is 5.88 Å². The van der Waals surface area contributed by atoms with Gasteiger partial charge in [-0.05, 0) is 24.3 Å². The lowest BCUT2D eigenvalue weighted by Crippen LogP contribution is -2.36. The summed E-state index contributed by atoms with van der Waals surface area (Å²) in [5.41, 5.74) is 2.58. The number of hydrogen-bond donors (Lipinski definition) is 1. The molecule has 34 heavy (non-hydrogen) atoms. The largest absolute Gasteiger partial charge is 0.439 e. The van der Waals surface area contributed by atoms with Gasteiger partial charge >= 0.3 is 0 Å². The molecule has 3 aromatic rings. The van der Waals surface area contributed by atoms with Crippen molar-refractivity contribution in [1.82, 2.24) is 14.7 Å². The number of methoxy groups -OCH3 is 1. The maximum absolute atomic E-state index is 13.4. The fraction of sp³-hybridized carbons (Fsp3) is 0.346. The van der Waals surface area contributed by atoms with Crippen molar-refractivity contribution in [2.45, 2.75) is 12.6 Å². The number of aromatic nitrogens is 2. The van der Waals surface area contributed by atoms with E-state index in [1.807, 2.05) is 37.4 Å². The second-order valence-corrected chi connectivity index (χ2v) is 7.89. The fourth-order valence-corrected chi connectivity index (χ4v) is 3.58. The zero-order valence-electron chi connectivity index (χ0n) is 19.7. The molecule has 1 heterocycles. The van der Waals surface area contributed by atoms with Gasteiger partial charge in [0.05, 0.1) is 31.5 Å². The summed E-state index contributed by atoms with van der Waals surface area (Å²) in [5.74, 6) is 0.720. The van der Waals surface area contributed by atoms with E-state index < -0.39 is 6.10 Å². The Morgan fingerprint density at radius 3 is 2.59 bits per heavy atom. The van der Waals surface area contributed by atoms with Gasteiger partial charge in [-0.1, -0.05) is 36.4 Å². The van der Waals surface area contributed by atoms with Crippen LogP contribution in [0.4, 0.5) is 4.39 Å². The first-order valence-corrected chi connectivity index (χ1v) is 11.1. The van der Waals surface area contributed by atoms with Gasteiger partial charge in [0.15, 0.2) is 0 Å². The van der Waals surface area contributed by atoms with Crippen LogP contribution in [-0.2, 0) is 23.1 Å². The number of halogens is 1. The van der Waals surface area contributed by atoms with E-state index in [2.05, 4.69) is 11.5 Å². The van der Waals surface area contributed by atoms with E-state index in [4.69, 9.17) is 19.3 Å². The number of benzene rings is 2. The molecule has 8 heteroatoms. The number of nitrogens with zero attached hydrogens (tertiary/aromatic N) is 3. The summed E-state index contributed by atoms with van der Waals surface area (Å²) >= 11 is 0. The highest BCUT2D eigenvalue weighted by Gasteiger charge is 2.23. The van der Waals surface area contributed by atoms with Crippen molar-refractivity contribution in [1.29, 1.82) is 0 Å². The molecule has 0 saturated heterocycles. The molecule has 1 atom stereocenters. The standard InChI is InChI=1S/C26H32FN3O4/c1-4-15-33-19-22(31)17-30(14-16-32-3)18-24-25(20-8-6-5-7-9-20)28-29(2)26(24)34-23-12-10-21(27)11-13-23/h4-13,22,31H,1,14-19H2,2-3H3. The minimum atomic E-state index is -0.685. The number of hydrogen-bond acceptors (Lipinski definition) is 6. The van der Waals surface area contributed by atoms with Crippen molar-refractivity contribution >= 4 is 0 Å². The van der Waals surface area contributed by atoms with E-state index in [9.17, 15) is 9.50 Å². The van der Waals surface area contributed by atoms with Crippen LogP contribution in [0.2, 0.25) is 0 Å². The van der Waals surface area contributed by atoms with Gasteiger partial charge in [0.1, 0.15) is 17.3 Å². The summed E-state index contributed by atoms with van der Waals surface area (Å²) in [6.45, 7) is 6.13. The van der Waals surface area contributed by atoms with Gasteiger partial charge in [0.25, 0.3) is 0 Å². The lowest BCUT2D eigenvalue weighted by Gasteiger charge is -2.25. The third-order valence-electron chi connectivity index (χ3n) is 5.17. The maximum atomic E-state index is 13.4. The van der Waals surface area contributed by atoms with Crippen LogP contribution in [0.1, 0.15) is 5.56 Å². The van der Waals surface area contributed by atoms with Crippen molar-refractivity contribution in [2.24, 2.45) is 7.05 Å². The lowest BCUT2D eigenvalue weighted by atomic mass is 10.1. The van der Waals surface area contributed by atoms with Crippen LogP contribution in [-0.4, -0.2) is 65.9 Å². The zero-order chi connectivity index (χ0) is 24.3. The van der Waals surface area contributed by atoms with Crippen LogP contribution >= 0.6 is 0 Å². The molecule has 0 aliphatic rings. The van der Waals surface area contributed by atoms with Crippen molar-refractivity contribution in [2.75, 3.05) is 40.0 Å². The van der Waals surface area contributed by atoms with Crippen LogP contribution < -0.4 is 4.74 Å². The molecule has 1 aromatic heterocycles. The first-order chi connectivity index (χ1) is 16.5. The number of aryl methyl sites for hydroxylation is 1. The molecule has 0 aliphatic carbocycles. The first-order valence-electron chi connectivity index (χ1n) is 11.1. The van der Waals surface area contributed by atoms with Gasteiger partial charge in [-0.2, -0.15) is 5.10 Å². The first kappa shape index (κ1) is 25.6. The molecular weight excluding hydrogens is 437 g/mol. The summed E-state index contributed by atoms with van der Waals surface area (Å²) < 4.78 is 31.9. The summed E-state index contributed by atoms with van der Waals surface area (Å²) in [5, 5.41) is 15.2. The van der Waals surface area contributed by atoms with E-state index in [0.29, 0.717) is 44.5 Å². The molecule has 182 valence electrons. The molecule has 0 amide bonds. The minimum absolute atomic E-state index is 0.201. The Labute approximate surface area is 200 Å². The molecule has 3 rings (SSSR count). The fourth-order valence-electron chi connectivity index (χ4n) is 3.58. The van der Waals surface area contributed by atoms with Crippen LogP contribution in [0.25, 0.3) is 11.3 Å². The Hall–Kier alpha value is -3.04. The zero-order valence-corrected chi connectivity index (χ0v) is 19.7. The Morgan fingerprint density at radius 2 is 1.91 bits per heavy atom. The highest BCUT2D eigenvalue weighted by atomic mass is 19.1. The van der Waals surface area contributed by atoms with Crippen molar-refractivity contribution < 1.29 is 23.7 Å². The van der Waals surface area contributed by atoms with E-state index in [0.717, 1.165) is 16.8 Å². The number of aliphatic hydroxyl groups is 1. The molecule has 2 aromatic carbocycles. The maximum Gasteiger partial charge on any atom is 0.222 e. The van der Waals surface area contributed by atoms with Gasteiger partial charge in [-0.15, -0.1) is 6.58 Å². The second kappa shape index (κ2) is 13.0. The van der Waals surface area contributed by atoms with Crippen LogP contribution in [0.5, 0.6) is 11.6 Å². The highest BCUT2D eigenvalue weighted by molar-refractivity contribution is 5.65. The smallest absolute Gasteiger partial charge is 0.222 e. The van der Waals surface area contributed by atoms with Crippen molar-refractivity contribution in [3.63, 3.8) is 0 Å². The molecule has 1 N–H and O–H groups in total. The van der Waals surface area contributed by atoms with E-state index in [-0.39, 0.29) is 12.4 Å². The molecule has 0 bridgehead atoms. The Bertz CT molecular complexity index is 1020. The van der Waals surface area contributed by atoms with E-state index >= 15 is 0 Å². The van der Waals surface area contributed by atoms with Gasteiger partial charge in [-0.25, -0.2) is 9.07 Å². The average molecular weight is 470 g/mol. The third-order valence-corrected chi connectivity index (χ3v) is 5.17. The predicted molar refractivity (Wildman–Crippen MR) is 129 cm³/mol. The predicted octanol–water partition coefficient (Wildman–Crippen LogP) is 4.03. The topological polar surface area (TPSA) is 69.0 Å². The number of rotatable bonds is 14. The average Bonchev–Trinajstić information content (AvgIpc) is 3.14. The molecule has 0 aliphatic heterocycles. The van der Waals surface area contributed by atoms with Crippen molar-refractivity contribution in [3.8, 4) is 22.9 Å². The summed E-state index contributed by atoms with van der Waals surface area (Å²) in [4.78, 5) is 2.08. The molecule has 1 unspecified atom stereocenters. The molecule has 0 spiro atoms. The normalized spacial score (nSPS) is 12.1. The highest BCUT2D eigenvalue weighted by Crippen LogP contribution is 2.34. The number of ether oxygens (including phenoxy) is 3. The molecule has 7 nitrogen and oxygen atoms in total. The quantitative estimate of drug-likeness (QED) is 0.284. The van der Waals surface area contributed by atoms with Gasteiger partial charge in [0, 0.05) is 39.4 Å². The van der Waals surface area contributed by atoms with E-state index in [1.165, 1.54) is 12.1 Å². The molecule has 0 radical (unpaired) electrons. The monoisotopic (exact) mass is 469 g/mol. The molecule has 0 fully saturated rings. The second-order valence-electron chi connectivity index (χ2n) is 7.89. The van der Waals surface area contributed by atoms with Crippen LogP contribution in [0.3, 0.4) is 0 Å².